The molecule has 2 fully saturated rings. The Morgan fingerprint density at radius 1 is 1.18 bits per heavy atom. The van der Waals surface area contributed by atoms with Crippen LogP contribution in [0.5, 0.6) is 0 Å². The first-order chi connectivity index (χ1) is 13.1. The highest BCUT2D eigenvalue weighted by Crippen LogP contribution is 2.37. The second-order valence-electron chi connectivity index (χ2n) is 8.22. The van der Waals surface area contributed by atoms with Crippen LogP contribution in [0, 0.1) is 5.92 Å². The lowest BCUT2D eigenvalue weighted by Crippen LogP contribution is -2.61. The number of hydrogen-bond acceptors (Lipinski definition) is 4. The lowest BCUT2D eigenvalue weighted by molar-refractivity contribution is -0.136. The summed E-state index contributed by atoms with van der Waals surface area (Å²) in [6.45, 7) is 8.99. The monoisotopic (exact) mass is 427 g/mol. The van der Waals surface area contributed by atoms with Crippen LogP contribution in [0.1, 0.15) is 47.0 Å². The quantitative estimate of drug-likeness (QED) is 0.783. The number of rotatable bonds is 5. The summed E-state index contributed by atoms with van der Waals surface area (Å²) in [5, 5.41) is 4.09. The standard InChI is InChI=1S/C20H30ClN3O3S/c1-5-15(4)24-19(25)18(14(2)3)22-20(24)10-12-23(13-11-20)28(26,27)17-8-6-16(21)7-9-17/h6-9,14-15,18,22H,5,10-13H2,1-4H3/t15-,18-/m1/s1. The molecule has 1 spiro atoms. The molecule has 1 amide bonds. The van der Waals surface area contributed by atoms with Crippen molar-refractivity contribution in [1.29, 1.82) is 0 Å². The second-order valence-corrected chi connectivity index (χ2v) is 10.6. The summed E-state index contributed by atoms with van der Waals surface area (Å²) in [6, 6.07) is 6.17. The van der Waals surface area contributed by atoms with Crippen molar-refractivity contribution in [2.45, 2.75) is 69.6 Å². The highest BCUT2D eigenvalue weighted by Gasteiger charge is 2.54. The molecule has 8 heteroatoms. The zero-order chi connectivity index (χ0) is 20.7. The van der Waals surface area contributed by atoms with Crippen molar-refractivity contribution in [3.8, 4) is 0 Å². The zero-order valence-corrected chi connectivity index (χ0v) is 18.6. The van der Waals surface area contributed by atoms with Crippen molar-refractivity contribution in [2.24, 2.45) is 5.92 Å². The average Bonchev–Trinajstić information content (AvgIpc) is 2.94. The van der Waals surface area contributed by atoms with Crippen molar-refractivity contribution in [3.63, 3.8) is 0 Å². The number of halogens is 1. The molecular weight excluding hydrogens is 398 g/mol. The second kappa shape index (κ2) is 7.94. The molecule has 2 saturated heterocycles. The molecule has 28 heavy (non-hydrogen) atoms. The predicted molar refractivity (Wildman–Crippen MR) is 111 cm³/mol. The molecule has 156 valence electrons. The van der Waals surface area contributed by atoms with Gasteiger partial charge in [-0.25, -0.2) is 8.42 Å². The van der Waals surface area contributed by atoms with Gasteiger partial charge in [-0.1, -0.05) is 32.4 Å². The molecule has 0 saturated carbocycles. The summed E-state index contributed by atoms with van der Waals surface area (Å²) in [4.78, 5) is 15.3. The van der Waals surface area contributed by atoms with Crippen molar-refractivity contribution in [3.05, 3.63) is 29.3 Å². The zero-order valence-electron chi connectivity index (χ0n) is 17.0. The van der Waals surface area contributed by atoms with Crippen LogP contribution in [-0.4, -0.2) is 54.4 Å². The van der Waals surface area contributed by atoms with Crippen LogP contribution in [0.2, 0.25) is 5.02 Å². The van der Waals surface area contributed by atoms with Gasteiger partial charge in [-0.05, 0) is 56.4 Å². The highest BCUT2D eigenvalue weighted by molar-refractivity contribution is 7.89. The SMILES string of the molecule is CC[C@@H](C)N1C(=O)[C@@H](C(C)C)NC12CCN(S(=O)(=O)c1ccc(Cl)cc1)CC2. The van der Waals surface area contributed by atoms with E-state index in [1.54, 1.807) is 24.3 Å². The van der Waals surface area contributed by atoms with Gasteiger partial charge in [0.15, 0.2) is 0 Å². The Balaban J connectivity index is 1.82. The summed E-state index contributed by atoms with van der Waals surface area (Å²) in [6.07, 6.45) is 2.03. The number of carbonyl (C=O) groups is 1. The van der Waals surface area contributed by atoms with E-state index in [0.29, 0.717) is 31.0 Å². The van der Waals surface area contributed by atoms with Crippen molar-refractivity contribution in [2.75, 3.05) is 13.1 Å². The molecule has 1 aromatic carbocycles. The molecule has 0 unspecified atom stereocenters. The number of nitrogens with zero attached hydrogens (tertiary/aromatic N) is 2. The van der Waals surface area contributed by atoms with E-state index in [2.05, 4.69) is 19.2 Å². The largest absolute Gasteiger partial charge is 0.320 e. The van der Waals surface area contributed by atoms with Gasteiger partial charge in [0.05, 0.1) is 16.6 Å². The molecule has 0 aromatic heterocycles. The highest BCUT2D eigenvalue weighted by atomic mass is 35.5. The van der Waals surface area contributed by atoms with Gasteiger partial charge in [-0.3, -0.25) is 10.1 Å². The summed E-state index contributed by atoms with van der Waals surface area (Å²) >= 11 is 5.89. The maximum atomic E-state index is 13.1. The first kappa shape index (κ1) is 21.6. The third-order valence-corrected chi connectivity index (χ3v) is 8.25. The summed E-state index contributed by atoms with van der Waals surface area (Å²) in [5.41, 5.74) is -0.465. The van der Waals surface area contributed by atoms with Crippen LogP contribution >= 0.6 is 11.6 Å². The van der Waals surface area contributed by atoms with Crippen molar-refractivity contribution < 1.29 is 13.2 Å². The summed E-state index contributed by atoms with van der Waals surface area (Å²) < 4.78 is 27.5. The number of sulfonamides is 1. The lowest BCUT2D eigenvalue weighted by atomic mass is 9.95. The molecule has 1 N–H and O–H groups in total. The minimum absolute atomic E-state index is 0.114. The van der Waals surface area contributed by atoms with E-state index in [4.69, 9.17) is 11.6 Å². The van der Waals surface area contributed by atoms with E-state index < -0.39 is 15.7 Å². The number of hydrogen-bond donors (Lipinski definition) is 1. The van der Waals surface area contributed by atoms with Crippen LogP contribution in [0.25, 0.3) is 0 Å². The molecule has 0 radical (unpaired) electrons. The fraction of sp³-hybridized carbons (Fsp3) is 0.650. The molecule has 2 aliphatic rings. The number of benzene rings is 1. The number of piperidine rings is 1. The van der Waals surface area contributed by atoms with E-state index in [1.807, 2.05) is 18.7 Å². The molecule has 0 aliphatic carbocycles. The van der Waals surface area contributed by atoms with Gasteiger partial charge < -0.3 is 4.90 Å². The number of carbonyl (C=O) groups excluding carboxylic acids is 1. The van der Waals surface area contributed by atoms with Crippen LogP contribution in [0.15, 0.2) is 29.2 Å². The third-order valence-electron chi connectivity index (χ3n) is 6.09. The summed E-state index contributed by atoms with van der Waals surface area (Å²) in [5.74, 6) is 0.326. The first-order valence-corrected chi connectivity index (χ1v) is 11.8. The average molecular weight is 428 g/mol. The Morgan fingerprint density at radius 3 is 2.25 bits per heavy atom. The first-order valence-electron chi connectivity index (χ1n) is 9.99. The van der Waals surface area contributed by atoms with E-state index in [-0.39, 0.29) is 28.8 Å². The Morgan fingerprint density at radius 2 is 1.75 bits per heavy atom. The topological polar surface area (TPSA) is 69.7 Å². The fourth-order valence-electron chi connectivity index (χ4n) is 4.29. The Kier molecular flexibility index (Phi) is 6.11. The normalized spacial score (nSPS) is 24.3. The van der Waals surface area contributed by atoms with E-state index >= 15 is 0 Å². The molecule has 3 rings (SSSR count). The van der Waals surface area contributed by atoms with Crippen molar-refractivity contribution >= 4 is 27.5 Å². The minimum Gasteiger partial charge on any atom is -0.320 e. The number of nitrogens with one attached hydrogen (secondary N) is 1. The van der Waals surface area contributed by atoms with E-state index in [1.165, 1.54) is 4.31 Å². The van der Waals surface area contributed by atoms with Gasteiger partial charge in [0.25, 0.3) is 0 Å². The molecule has 6 nitrogen and oxygen atoms in total. The maximum absolute atomic E-state index is 13.1. The third kappa shape index (κ3) is 3.70. The summed E-state index contributed by atoms with van der Waals surface area (Å²) in [7, 11) is -3.57. The van der Waals surface area contributed by atoms with Crippen LogP contribution in [-0.2, 0) is 14.8 Å². The Labute approximate surface area is 173 Å². The minimum atomic E-state index is -3.57. The molecular formula is C20H30ClN3O3S. The Hall–Kier alpha value is -1.15. The molecule has 1 aromatic rings. The smallest absolute Gasteiger partial charge is 0.243 e. The van der Waals surface area contributed by atoms with Gasteiger partial charge in [-0.15, -0.1) is 0 Å². The van der Waals surface area contributed by atoms with Crippen LogP contribution < -0.4 is 5.32 Å². The van der Waals surface area contributed by atoms with E-state index in [0.717, 1.165) is 6.42 Å². The fourth-order valence-corrected chi connectivity index (χ4v) is 5.86. The van der Waals surface area contributed by atoms with Gasteiger partial charge in [0.1, 0.15) is 0 Å². The van der Waals surface area contributed by atoms with Gasteiger partial charge in [0, 0.05) is 24.2 Å². The predicted octanol–water partition coefficient (Wildman–Crippen LogP) is 3.08. The Bertz CT molecular complexity index is 818. The van der Waals surface area contributed by atoms with Gasteiger partial charge >= 0.3 is 0 Å². The van der Waals surface area contributed by atoms with E-state index in [9.17, 15) is 13.2 Å². The van der Waals surface area contributed by atoms with Crippen molar-refractivity contribution in [1.82, 2.24) is 14.5 Å². The van der Waals surface area contributed by atoms with Crippen LogP contribution in [0.4, 0.5) is 0 Å². The van der Waals surface area contributed by atoms with Gasteiger partial charge in [0.2, 0.25) is 15.9 Å². The molecule has 2 heterocycles. The number of amides is 1. The molecule has 2 aliphatic heterocycles. The van der Waals surface area contributed by atoms with Gasteiger partial charge in [-0.2, -0.15) is 4.31 Å². The molecule has 0 bridgehead atoms. The van der Waals surface area contributed by atoms with Crippen LogP contribution in [0.3, 0.4) is 0 Å². The molecule has 2 atom stereocenters. The lowest BCUT2D eigenvalue weighted by Gasteiger charge is -2.46. The maximum Gasteiger partial charge on any atom is 0.243 e.